The number of piperidine rings is 1. The summed E-state index contributed by atoms with van der Waals surface area (Å²) in [7, 11) is 0. The van der Waals surface area contributed by atoms with Gasteiger partial charge in [-0.05, 0) is 62.1 Å². The van der Waals surface area contributed by atoms with Crippen LogP contribution in [0.15, 0.2) is 30.3 Å². The highest BCUT2D eigenvalue weighted by molar-refractivity contribution is 5.85. The number of nitrogens with zero attached hydrogens (tertiary/aromatic N) is 4. The van der Waals surface area contributed by atoms with Gasteiger partial charge >= 0.3 is 12.4 Å². The molecule has 2 N–H and O–H groups in total. The number of benzene rings is 1. The molecule has 0 bridgehead atoms. The molecule has 2 saturated heterocycles. The maximum absolute atomic E-state index is 13.7. The maximum Gasteiger partial charge on any atom is 0.451 e. The highest BCUT2D eigenvalue weighted by Gasteiger charge is 2.39. The first kappa shape index (κ1) is 28.9. The molecule has 1 amide bonds. The highest BCUT2D eigenvalue weighted by atomic mass is 19.4. The number of nitrogens with one attached hydrogen (secondary N) is 1. The molecule has 0 radical (unpaired) electrons. The van der Waals surface area contributed by atoms with E-state index in [-0.39, 0.29) is 30.7 Å². The van der Waals surface area contributed by atoms with Gasteiger partial charge in [0.1, 0.15) is 17.7 Å². The van der Waals surface area contributed by atoms with Crippen molar-refractivity contribution in [2.75, 3.05) is 42.6 Å². The van der Waals surface area contributed by atoms with E-state index in [9.17, 15) is 31.1 Å². The molecular formula is C26H31F6N5O2. The van der Waals surface area contributed by atoms with E-state index >= 15 is 0 Å². The lowest BCUT2D eigenvalue weighted by molar-refractivity contribution is -0.144. The van der Waals surface area contributed by atoms with Crippen LogP contribution in [0.5, 0.6) is 0 Å². The average molecular weight is 560 g/mol. The van der Waals surface area contributed by atoms with Crippen LogP contribution in [-0.2, 0) is 23.6 Å². The number of carbonyl (C=O) groups is 1. The van der Waals surface area contributed by atoms with Crippen molar-refractivity contribution >= 4 is 17.5 Å². The topological polar surface area (TPSA) is 81.6 Å². The zero-order chi connectivity index (χ0) is 28.2. The van der Waals surface area contributed by atoms with Crippen molar-refractivity contribution in [2.45, 2.75) is 56.9 Å². The Bertz CT molecular complexity index is 1120. The first-order valence-electron chi connectivity index (χ1n) is 13.0. The summed E-state index contributed by atoms with van der Waals surface area (Å²) < 4.78 is 79.4. The summed E-state index contributed by atoms with van der Waals surface area (Å²) in [5, 5.41) is 11.9. The van der Waals surface area contributed by atoms with Gasteiger partial charge in [-0.25, -0.2) is 9.97 Å². The second kappa shape index (κ2) is 12.0. The van der Waals surface area contributed by atoms with Crippen LogP contribution < -0.4 is 15.1 Å². The molecular weight excluding hydrogens is 528 g/mol. The number of alkyl halides is 6. The van der Waals surface area contributed by atoms with Gasteiger partial charge in [-0.2, -0.15) is 26.3 Å². The van der Waals surface area contributed by atoms with E-state index in [0.29, 0.717) is 56.8 Å². The molecule has 2 aromatic rings. The summed E-state index contributed by atoms with van der Waals surface area (Å²) in [6.07, 6.45) is -5.76. The van der Waals surface area contributed by atoms with E-state index in [1.54, 1.807) is 9.80 Å². The Kier molecular flexibility index (Phi) is 8.87. The number of halogens is 6. The molecule has 2 aliphatic rings. The maximum atomic E-state index is 13.7. The number of aliphatic hydroxyl groups excluding tert-OH is 1. The van der Waals surface area contributed by atoms with Crippen molar-refractivity contribution in [3.05, 3.63) is 47.3 Å². The zero-order valence-electron chi connectivity index (χ0n) is 21.2. The summed E-state index contributed by atoms with van der Waals surface area (Å²) in [4.78, 5) is 23.9. The molecule has 1 aromatic carbocycles. The number of hydrogen-bond acceptors (Lipinski definition) is 6. The quantitative estimate of drug-likeness (QED) is 0.466. The Morgan fingerprint density at radius 3 is 2.23 bits per heavy atom. The zero-order valence-corrected chi connectivity index (χ0v) is 21.2. The summed E-state index contributed by atoms with van der Waals surface area (Å²) in [5.41, 5.74) is -0.140. The molecule has 3 heterocycles. The predicted octanol–water partition coefficient (Wildman–Crippen LogP) is 4.44. The van der Waals surface area contributed by atoms with Crippen LogP contribution in [0, 0.1) is 5.92 Å². The Hall–Kier alpha value is -3.09. The number of anilines is 2. The van der Waals surface area contributed by atoms with E-state index < -0.39 is 29.8 Å². The molecule has 4 rings (SSSR count). The number of aliphatic hydroxyl groups is 1. The predicted molar refractivity (Wildman–Crippen MR) is 132 cm³/mol. The van der Waals surface area contributed by atoms with Crippen LogP contribution in [0.25, 0.3) is 0 Å². The molecule has 0 unspecified atom stereocenters. The monoisotopic (exact) mass is 559 g/mol. The van der Waals surface area contributed by atoms with Gasteiger partial charge < -0.3 is 20.2 Å². The normalized spacial score (nSPS) is 19.0. The molecule has 0 spiro atoms. The first-order valence-corrected chi connectivity index (χ1v) is 13.0. The third-order valence-corrected chi connectivity index (χ3v) is 7.27. The van der Waals surface area contributed by atoms with E-state index in [1.807, 2.05) is 0 Å². The van der Waals surface area contributed by atoms with Crippen molar-refractivity contribution in [3.63, 3.8) is 0 Å². The molecule has 2 fully saturated rings. The van der Waals surface area contributed by atoms with Crippen molar-refractivity contribution in [3.8, 4) is 0 Å². The Morgan fingerprint density at radius 1 is 0.949 bits per heavy atom. The second-order valence-electron chi connectivity index (χ2n) is 9.94. The Labute approximate surface area is 222 Å². The van der Waals surface area contributed by atoms with Crippen LogP contribution >= 0.6 is 0 Å². The standard InChI is InChI=1S/C26H31F6N5O2/c27-25(28,29)19-5-3-17(4-6-19)7-11-33-23(39)20-2-1-12-37(20)22-16-21(34-24(35-22)26(30,31)32)36-13-8-18(9-14-36)10-15-38/h3-6,16,18,20,38H,1-2,7-15H2,(H,33,39)/t20-/m0/s1. The fourth-order valence-corrected chi connectivity index (χ4v) is 5.11. The van der Waals surface area contributed by atoms with Crippen molar-refractivity contribution in [1.82, 2.24) is 15.3 Å². The van der Waals surface area contributed by atoms with Gasteiger partial charge in [0, 0.05) is 38.9 Å². The van der Waals surface area contributed by atoms with Crippen molar-refractivity contribution in [2.24, 2.45) is 5.92 Å². The van der Waals surface area contributed by atoms with Gasteiger partial charge in [-0.1, -0.05) is 12.1 Å². The fraction of sp³-hybridized carbons (Fsp3) is 0.577. The number of amides is 1. The van der Waals surface area contributed by atoms with E-state index in [2.05, 4.69) is 15.3 Å². The molecule has 0 saturated carbocycles. The van der Waals surface area contributed by atoms with Gasteiger partial charge in [-0.3, -0.25) is 4.79 Å². The lowest BCUT2D eigenvalue weighted by Crippen LogP contribution is -2.44. The SMILES string of the molecule is O=C(NCCc1ccc(C(F)(F)F)cc1)[C@@H]1CCCN1c1cc(N2CCC(CCO)CC2)nc(C(F)(F)F)n1. The number of carbonyl (C=O) groups excluding carboxylic acids is 1. The molecule has 7 nitrogen and oxygen atoms in total. The van der Waals surface area contributed by atoms with Crippen molar-refractivity contribution in [1.29, 1.82) is 0 Å². The Balaban J connectivity index is 1.44. The summed E-state index contributed by atoms with van der Waals surface area (Å²) in [5.74, 6) is -1.14. The van der Waals surface area contributed by atoms with Gasteiger partial charge in [0.25, 0.3) is 0 Å². The van der Waals surface area contributed by atoms with Gasteiger partial charge in [0.15, 0.2) is 0 Å². The van der Waals surface area contributed by atoms with E-state index in [0.717, 1.165) is 25.0 Å². The largest absolute Gasteiger partial charge is 0.451 e. The summed E-state index contributed by atoms with van der Waals surface area (Å²) >= 11 is 0. The highest BCUT2D eigenvalue weighted by Crippen LogP contribution is 2.34. The van der Waals surface area contributed by atoms with Gasteiger partial charge in [-0.15, -0.1) is 0 Å². The van der Waals surface area contributed by atoms with Crippen LogP contribution in [-0.4, -0.2) is 59.8 Å². The minimum Gasteiger partial charge on any atom is -0.396 e. The molecule has 214 valence electrons. The molecule has 1 atom stereocenters. The second-order valence-corrected chi connectivity index (χ2v) is 9.94. The van der Waals surface area contributed by atoms with Crippen LogP contribution in [0.2, 0.25) is 0 Å². The minimum absolute atomic E-state index is 0.0326. The van der Waals surface area contributed by atoms with Crippen LogP contribution in [0.4, 0.5) is 38.0 Å². The molecule has 39 heavy (non-hydrogen) atoms. The summed E-state index contributed by atoms with van der Waals surface area (Å²) in [6.45, 7) is 1.60. The third-order valence-electron chi connectivity index (χ3n) is 7.27. The lowest BCUT2D eigenvalue weighted by Gasteiger charge is -2.33. The smallest absolute Gasteiger partial charge is 0.396 e. The molecule has 0 aliphatic carbocycles. The van der Waals surface area contributed by atoms with Crippen LogP contribution in [0.1, 0.15) is 49.1 Å². The number of aromatic nitrogens is 2. The molecule has 1 aromatic heterocycles. The lowest BCUT2D eigenvalue weighted by atomic mass is 9.94. The third kappa shape index (κ3) is 7.31. The van der Waals surface area contributed by atoms with E-state index in [4.69, 9.17) is 5.11 Å². The van der Waals surface area contributed by atoms with Crippen molar-refractivity contribution < 1.29 is 36.2 Å². The molecule has 13 heteroatoms. The molecule has 2 aliphatic heterocycles. The Morgan fingerprint density at radius 2 is 1.62 bits per heavy atom. The van der Waals surface area contributed by atoms with Gasteiger partial charge in [0.05, 0.1) is 5.56 Å². The summed E-state index contributed by atoms with van der Waals surface area (Å²) in [6, 6.07) is 5.44. The van der Waals surface area contributed by atoms with E-state index in [1.165, 1.54) is 18.2 Å². The minimum atomic E-state index is -4.76. The van der Waals surface area contributed by atoms with Gasteiger partial charge in [0.2, 0.25) is 11.7 Å². The number of rotatable bonds is 8. The number of hydrogen-bond donors (Lipinski definition) is 2. The fourth-order valence-electron chi connectivity index (χ4n) is 5.11. The van der Waals surface area contributed by atoms with Crippen LogP contribution in [0.3, 0.4) is 0 Å². The average Bonchev–Trinajstić information content (AvgIpc) is 3.39. The first-order chi connectivity index (χ1) is 18.5.